The Balaban J connectivity index is 2.09. The van der Waals surface area contributed by atoms with Crippen LogP contribution in [0.5, 0.6) is 0 Å². The molecule has 0 bridgehead atoms. The Labute approximate surface area is 140 Å². The van der Waals surface area contributed by atoms with Crippen molar-refractivity contribution in [2.24, 2.45) is 0 Å². The minimum atomic E-state index is -4.06. The van der Waals surface area contributed by atoms with Crippen molar-refractivity contribution in [3.05, 3.63) is 52.6 Å². The lowest BCUT2D eigenvalue weighted by Gasteiger charge is -2.09. The van der Waals surface area contributed by atoms with Crippen LogP contribution in [0.3, 0.4) is 0 Å². The lowest BCUT2D eigenvalue weighted by molar-refractivity contribution is 0.155. The second-order valence-corrected chi connectivity index (χ2v) is 7.57. The normalized spacial score (nSPS) is 11.0. The summed E-state index contributed by atoms with van der Waals surface area (Å²) in [6, 6.07) is 10.3. The Morgan fingerprint density at radius 3 is 2.64 bits per heavy atom. The third-order valence-electron chi connectivity index (χ3n) is 2.52. The van der Waals surface area contributed by atoms with Crippen molar-refractivity contribution >= 4 is 47.6 Å². The average Bonchev–Trinajstić information content (AvgIpc) is 2.47. The van der Waals surface area contributed by atoms with Crippen LogP contribution in [-0.2, 0) is 20.4 Å². The van der Waals surface area contributed by atoms with E-state index in [-0.39, 0.29) is 17.3 Å². The molecular weight excluding hydrogens is 396 g/mol. The van der Waals surface area contributed by atoms with Crippen LogP contribution in [0.4, 0.5) is 10.6 Å². The van der Waals surface area contributed by atoms with Gasteiger partial charge >= 0.3 is 6.09 Å². The van der Waals surface area contributed by atoms with Gasteiger partial charge in [0.1, 0.15) is 11.5 Å². The van der Waals surface area contributed by atoms with Gasteiger partial charge in [-0.25, -0.2) is 18.2 Å². The molecule has 2 rings (SSSR count). The van der Waals surface area contributed by atoms with Crippen molar-refractivity contribution in [3.8, 4) is 0 Å². The number of pyridine rings is 1. The predicted octanol–water partition coefficient (Wildman–Crippen LogP) is 3.52. The molecule has 116 valence electrons. The molecule has 1 aromatic carbocycles. The minimum Gasteiger partial charge on any atom is -0.444 e. The van der Waals surface area contributed by atoms with Crippen LogP contribution in [0.1, 0.15) is 5.56 Å². The standard InChI is InChI=1S/C13H10BrClN2O4S/c14-10-6-11(22(15,19)20)12(16-7-10)17-13(18)21-8-9-4-2-1-3-5-9/h1-7H,8H2,(H,16,17,18). The maximum absolute atomic E-state index is 11.7. The van der Waals surface area contributed by atoms with E-state index in [9.17, 15) is 13.2 Å². The van der Waals surface area contributed by atoms with Crippen LogP contribution in [0.2, 0.25) is 0 Å². The van der Waals surface area contributed by atoms with Crippen molar-refractivity contribution in [1.29, 1.82) is 0 Å². The number of nitrogens with zero attached hydrogens (tertiary/aromatic N) is 1. The highest BCUT2D eigenvalue weighted by Gasteiger charge is 2.19. The Hall–Kier alpha value is -1.64. The fourth-order valence-electron chi connectivity index (χ4n) is 1.56. The van der Waals surface area contributed by atoms with Crippen molar-refractivity contribution < 1.29 is 17.9 Å². The molecule has 0 atom stereocenters. The lowest BCUT2D eigenvalue weighted by Crippen LogP contribution is -2.16. The number of aromatic nitrogens is 1. The third kappa shape index (κ3) is 4.69. The van der Waals surface area contributed by atoms with Gasteiger partial charge in [-0.3, -0.25) is 5.32 Å². The number of anilines is 1. The molecule has 22 heavy (non-hydrogen) atoms. The number of amides is 1. The molecule has 1 heterocycles. The molecule has 0 aliphatic carbocycles. The maximum Gasteiger partial charge on any atom is 0.413 e. The molecule has 6 nitrogen and oxygen atoms in total. The predicted molar refractivity (Wildman–Crippen MR) is 85.2 cm³/mol. The first kappa shape index (κ1) is 16.7. The minimum absolute atomic E-state index is 0.0478. The molecule has 9 heteroatoms. The first-order chi connectivity index (χ1) is 10.4. The van der Waals surface area contributed by atoms with Crippen LogP contribution in [0, 0.1) is 0 Å². The second kappa shape index (κ2) is 7.08. The molecule has 0 unspecified atom stereocenters. The van der Waals surface area contributed by atoms with Crippen LogP contribution in [0.25, 0.3) is 0 Å². The fourth-order valence-corrected chi connectivity index (χ4v) is 2.99. The van der Waals surface area contributed by atoms with E-state index in [1.165, 1.54) is 12.3 Å². The van der Waals surface area contributed by atoms with Gasteiger partial charge in [-0.1, -0.05) is 30.3 Å². The van der Waals surface area contributed by atoms with Gasteiger partial charge in [-0.2, -0.15) is 0 Å². The summed E-state index contributed by atoms with van der Waals surface area (Å²) in [7, 11) is 1.25. The summed E-state index contributed by atoms with van der Waals surface area (Å²) in [6.07, 6.45) is 0.499. The van der Waals surface area contributed by atoms with Gasteiger partial charge < -0.3 is 4.74 Å². The van der Waals surface area contributed by atoms with E-state index in [0.717, 1.165) is 5.56 Å². The molecule has 0 aliphatic heterocycles. The molecule has 0 spiro atoms. The largest absolute Gasteiger partial charge is 0.444 e. The fraction of sp³-hybridized carbons (Fsp3) is 0.0769. The molecule has 2 aromatic rings. The van der Waals surface area contributed by atoms with Gasteiger partial charge in [0.15, 0.2) is 5.82 Å². The number of carbonyl (C=O) groups is 1. The second-order valence-electron chi connectivity index (χ2n) is 4.12. The zero-order valence-corrected chi connectivity index (χ0v) is 14.2. The summed E-state index contributed by atoms with van der Waals surface area (Å²) in [5.74, 6) is -0.198. The van der Waals surface area contributed by atoms with E-state index in [1.807, 2.05) is 18.2 Å². The van der Waals surface area contributed by atoms with Gasteiger partial charge in [0.2, 0.25) is 0 Å². The summed E-state index contributed by atoms with van der Waals surface area (Å²) in [4.78, 5) is 15.2. The molecule has 0 aliphatic rings. The van der Waals surface area contributed by atoms with Gasteiger partial charge in [-0.05, 0) is 27.6 Å². The average molecular weight is 406 g/mol. The molecule has 0 saturated carbocycles. The summed E-state index contributed by atoms with van der Waals surface area (Å²) < 4.78 is 28.4. The zero-order chi connectivity index (χ0) is 16.2. The van der Waals surface area contributed by atoms with Crippen LogP contribution in [-0.4, -0.2) is 19.5 Å². The molecule has 0 fully saturated rings. The topological polar surface area (TPSA) is 85.4 Å². The van der Waals surface area contributed by atoms with E-state index < -0.39 is 15.1 Å². The van der Waals surface area contributed by atoms with Gasteiger partial charge in [-0.15, -0.1) is 0 Å². The highest BCUT2D eigenvalue weighted by molar-refractivity contribution is 9.10. The van der Waals surface area contributed by atoms with Crippen molar-refractivity contribution in [2.75, 3.05) is 5.32 Å². The Morgan fingerprint density at radius 1 is 1.32 bits per heavy atom. The number of hydrogen-bond donors (Lipinski definition) is 1. The van der Waals surface area contributed by atoms with Crippen molar-refractivity contribution in [2.45, 2.75) is 11.5 Å². The molecule has 1 aromatic heterocycles. The number of rotatable bonds is 4. The van der Waals surface area contributed by atoms with E-state index in [2.05, 4.69) is 26.2 Å². The zero-order valence-electron chi connectivity index (χ0n) is 11.0. The van der Waals surface area contributed by atoms with Crippen molar-refractivity contribution in [1.82, 2.24) is 4.98 Å². The Morgan fingerprint density at radius 2 is 2.00 bits per heavy atom. The molecule has 0 radical (unpaired) electrons. The van der Waals surface area contributed by atoms with Crippen LogP contribution >= 0.6 is 26.6 Å². The van der Waals surface area contributed by atoms with Crippen LogP contribution < -0.4 is 5.32 Å². The monoisotopic (exact) mass is 404 g/mol. The number of ether oxygens (including phenoxy) is 1. The number of hydrogen-bond acceptors (Lipinski definition) is 5. The number of benzene rings is 1. The van der Waals surface area contributed by atoms with Gasteiger partial charge in [0.05, 0.1) is 0 Å². The smallest absolute Gasteiger partial charge is 0.413 e. The van der Waals surface area contributed by atoms with Crippen molar-refractivity contribution in [3.63, 3.8) is 0 Å². The number of nitrogens with one attached hydrogen (secondary N) is 1. The highest BCUT2D eigenvalue weighted by atomic mass is 79.9. The molecule has 1 N–H and O–H groups in total. The van der Waals surface area contributed by atoms with Crippen LogP contribution in [0.15, 0.2) is 52.0 Å². The molecular formula is C13H10BrClN2O4S. The first-order valence-corrected chi connectivity index (χ1v) is 9.04. The quantitative estimate of drug-likeness (QED) is 0.787. The Kier molecular flexibility index (Phi) is 5.38. The number of halogens is 2. The Bertz CT molecular complexity index is 784. The summed E-state index contributed by atoms with van der Waals surface area (Å²) in [6.45, 7) is 0.0478. The lowest BCUT2D eigenvalue weighted by atomic mass is 10.2. The molecule has 0 saturated heterocycles. The molecule has 1 amide bonds. The summed E-state index contributed by atoms with van der Waals surface area (Å²) in [5, 5.41) is 2.26. The van der Waals surface area contributed by atoms with E-state index in [4.69, 9.17) is 15.4 Å². The summed E-state index contributed by atoms with van der Waals surface area (Å²) in [5.41, 5.74) is 0.798. The van der Waals surface area contributed by atoms with E-state index >= 15 is 0 Å². The van der Waals surface area contributed by atoms with E-state index in [0.29, 0.717) is 4.47 Å². The van der Waals surface area contributed by atoms with Gasteiger partial charge in [0.25, 0.3) is 9.05 Å². The van der Waals surface area contributed by atoms with E-state index in [1.54, 1.807) is 12.1 Å². The first-order valence-electron chi connectivity index (χ1n) is 5.94. The van der Waals surface area contributed by atoms with Gasteiger partial charge in [0, 0.05) is 21.4 Å². The number of carbonyl (C=O) groups excluding carboxylic acids is 1. The maximum atomic E-state index is 11.7. The third-order valence-corrected chi connectivity index (χ3v) is 4.28. The highest BCUT2D eigenvalue weighted by Crippen LogP contribution is 2.26. The summed E-state index contributed by atoms with van der Waals surface area (Å²) >= 11 is 3.09. The SMILES string of the molecule is O=C(Nc1ncc(Br)cc1S(=O)(=O)Cl)OCc1ccccc1.